The molecule has 1 nitrogen and oxygen atoms in total. The summed E-state index contributed by atoms with van der Waals surface area (Å²) in [6, 6.07) is 9.21. The molecule has 4 unspecified atom stereocenters. The minimum atomic E-state index is 0.358. The summed E-state index contributed by atoms with van der Waals surface area (Å²) in [6.07, 6.45) is 8.23. The summed E-state index contributed by atoms with van der Waals surface area (Å²) in [5.74, 6) is 3.00. The highest BCUT2D eigenvalue weighted by Gasteiger charge is 2.39. The molecule has 18 heavy (non-hydrogen) atoms. The van der Waals surface area contributed by atoms with E-state index in [-0.39, 0.29) is 0 Å². The van der Waals surface area contributed by atoms with Gasteiger partial charge in [-0.15, -0.1) is 0 Å². The van der Waals surface area contributed by atoms with Gasteiger partial charge in [0.15, 0.2) is 0 Å². The minimum Gasteiger partial charge on any atom is -0.327 e. The Morgan fingerprint density at radius 3 is 2.56 bits per heavy atom. The standard InChI is InChI=1S/C17H25N/c1-12-2-4-13(5-3-12)10-17(18)11-16-9-14-6-7-15(16)8-14/h2-5,14-17H,6-11,18H2,1H3. The quantitative estimate of drug-likeness (QED) is 0.857. The zero-order valence-corrected chi connectivity index (χ0v) is 11.4. The molecule has 0 radical (unpaired) electrons. The van der Waals surface area contributed by atoms with Crippen LogP contribution < -0.4 is 5.73 Å². The summed E-state index contributed by atoms with van der Waals surface area (Å²) in [5, 5.41) is 0. The van der Waals surface area contributed by atoms with Gasteiger partial charge in [-0.3, -0.25) is 0 Å². The molecule has 0 spiro atoms. The molecule has 0 aromatic heterocycles. The molecule has 1 aromatic rings. The first-order valence-corrected chi connectivity index (χ1v) is 7.52. The van der Waals surface area contributed by atoms with Crippen LogP contribution in [0, 0.1) is 24.7 Å². The van der Waals surface area contributed by atoms with Crippen LogP contribution >= 0.6 is 0 Å². The molecule has 2 aliphatic carbocycles. The number of hydrogen-bond acceptors (Lipinski definition) is 1. The Morgan fingerprint density at radius 2 is 1.94 bits per heavy atom. The molecule has 2 aliphatic rings. The molecule has 1 heteroatoms. The van der Waals surface area contributed by atoms with Gasteiger partial charge in [0, 0.05) is 6.04 Å². The van der Waals surface area contributed by atoms with E-state index in [0.29, 0.717) is 6.04 Å². The molecule has 0 heterocycles. The summed E-state index contributed by atoms with van der Waals surface area (Å²) in [6.45, 7) is 2.14. The lowest BCUT2D eigenvalue weighted by Gasteiger charge is -2.24. The van der Waals surface area contributed by atoms with Gasteiger partial charge < -0.3 is 5.73 Å². The Morgan fingerprint density at radius 1 is 1.17 bits per heavy atom. The molecule has 2 bridgehead atoms. The predicted molar refractivity (Wildman–Crippen MR) is 76.4 cm³/mol. The van der Waals surface area contributed by atoms with Gasteiger partial charge >= 0.3 is 0 Å². The number of benzene rings is 1. The first-order chi connectivity index (χ1) is 8.70. The Kier molecular flexibility index (Phi) is 3.43. The summed E-state index contributed by atoms with van der Waals surface area (Å²) < 4.78 is 0. The Balaban J connectivity index is 1.52. The monoisotopic (exact) mass is 243 g/mol. The molecule has 0 amide bonds. The molecule has 4 atom stereocenters. The van der Waals surface area contributed by atoms with Crippen LogP contribution in [0.4, 0.5) is 0 Å². The first-order valence-electron chi connectivity index (χ1n) is 7.52. The number of hydrogen-bond donors (Lipinski definition) is 1. The zero-order chi connectivity index (χ0) is 12.5. The second kappa shape index (κ2) is 5.05. The van der Waals surface area contributed by atoms with Crippen LogP contribution in [0.3, 0.4) is 0 Å². The smallest absolute Gasteiger partial charge is 0.00820 e. The van der Waals surface area contributed by atoms with E-state index in [0.717, 1.165) is 24.2 Å². The lowest BCUT2D eigenvalue weighted by Crippen LogP contribution is -2.28. The Hall–Kier alpha value is -0.820. The van der Waals surface area contributed by atoms with E-state index in [4.69, 9.17) is 5.73 Å². The second-order valence-electron chi connectivity index (χ2n) is 6.62. The van der Waals surface area contributed by atoms with Crippen LogP contribution in [-0.4, -0.2) is 6.04 Å². The number of nitrogens with two attached hydrogens (primary N) is 1. The first kappa shape index (κ1) is 12.2. The van der Waals surface area contributed by atoms with Crippen molar-refractivity contribution in [2.45, 2.75) is 51.5 Å². The van der Waals surface area contributed by atoms with Gasteiger partial charge in [-0.1, -0.05) is 36.2 Å². The Bertz CT molecular complexity index is 395. The fraction of sp³-hybridized carbons (Fsp3) is 0.647. The third kappa shape index (κ3) is 2.61. The lowest BCUT2D eigenvalue weighted by atomic mass is 9.83. The van der Waals surface area contributed by atoms with E-state index in [9.17, 15) is 0 Å². The lowest BCUT2D eigenvalue weighted by molar-refractivity contribution is 0.294. The minimum absolute atomic E-state index is 0.358. The van der Waals surface area contributed by atoms with E-state index >= 15 is 0 Å². The van der Waals surface area contributed by atoms with Gasteiger partial charge in [-0.25, -0.2) is 0 Å². The molecule has 1 aromatic carbocycles. The fourth-order valence-corrected chi connectivity index (χ4v) is 4.16. The van der Waals surface area contributed by atoms with Gasteiger partial charge in [0.25, 0.3) is 0 Å². The van der Waals surface area contributed by atoms with Crippen LogP contribution in [0.5, 0.6) is 0 Å². The van der Waals surface area contributed by atoms with E-state index in [2.05, 4.69) is 31.2 Å². The van der Waals surface area contributed by atoms with Crippen molar-refractivity contribution >= 4 is 0 Å². The van der Waals surface area contributed by atoms with Crippen molar-refractivity contribution in [1.29, 1.82) is 0 Å². The third-order valence-corrected chi connectivity index (χ3v) is 5.11. The van der Waals surface area contributed by atoms with Crippen molar-refractivity contribution in [2.75, 3.05) is 0 Å². The molecule has 3 rings (SSSR count). The topological polar surface area (TPSA) is 26.0 Å². The van der Waals surface area contributed by atoms with Crippen LogP contribution in [0.15, 0.2) is 24.3 Å². The molecule has 0 aliphatic heterocycles. The van der Waals surface area contributed by atoms with Gasteiger partial charge in [-0.2, -0.15) is 0 Å². The molecular formula is C17H25N. The van der Waals surface area contributed by atoms with Crippen molar-refractivity contribution in [3.05, 3.63) is 35.4 Å². The zero-order valence-electron chi connectivity index (χ0n) is 11.4. The number of rotatable bonds is 4. The summed E-state index contributed by atoms with van der Waals surface area (Å²) in [4.78, 5) is 0. The van der Waals surface area contributed by atoms with E-state index in [1.165, 1.54) is 43.2 Å². The molecule has 2 fully saturated rings. The molecule has 98 valence electrons. The van der Waals surface area contributed by atoms with Gasteiger partial charge in [0.2, 0.25) is 0 Å². The maximum atomic E-state index is 6.36. The Labute approximate surface area is 111 Å². The van der Waals surface area contributed by atoms with Crippen molar-refractivity contribution < 1.29 is 0 Å². The van der Waals surface area contributed by atoms with E-state index in [1.54, 1.807) is 0 Å². The third-order valence-electron chi connectivity index (χ3n) is 5.11. The van der Waals surface area contributed by atoms with Crippen LogP contribution in [-0.2, 0) is 6.42 Å². The average molecular weight is 243 g/mol. The molecule has 2 N–H and O–H groups in total. The maximum Gasteiger partial charge on any atom is 0.00820 e. The number of aryl methyl sites for hydroxylation is 1. The molecule has 0 saturated heterocycles. The van der Waals surface area contributed by atoms with Crippen molar-refractivity contribution in [3.8, 4) is 0 Å². The second-order valence-corrected chi connectivity index (χ2v) is 6.62. The average Bonchev–Trinajstić information content (AvgIpc) is 2.94. The van der Waals surface area contributed by atoms with E-state index < -0.39 is 0 Å². The van der Waals surface area contributed by atoms with Crippen LogP contribution in [0.1, 0.15) is 43.2 Å². The molecule has 2 saturated carbocycles. The maximum absolute atomic E-state index is 6.36. The highest BCUT2D eigenvalue weighted by Crippen LogP contribution is 2.49. The van der Waals surface area contributed by atoms with Crippen molar-refractivity contribution in [2.24, 2.45) is 23.5 Å². The van der Waals surface area contributed by atoms with Crippen LogP contribution in [0.25, 0.3) is 0 Å². The SMILES string of the molecule is Cc1ccc(CC(N)CC2CC3CCC2C3)cc1. The highest BCUT2D eigenvalue weighted by atomic mass is 14.6. The van der Waals surface area contributed by atoms with Crippen LogP contribution in [0.2, 0.25) is 0 Å². The fourth-order valence-electron chi connectivity index (χ4n) is 4.16. The summed E-state index contributed by atoms with van der Waals surface area (Å²) >= 11 is 0. The highest BCUT2D eigenvalue weighted by molar-refractivity contribution is 5.22. The van der Waals surface area contributed by atoms with Crippen molar-refractivity contribution in [3.63, 3.8) is 0 Å². The van der Waals surface area contributed by atoms with Gasteiger partial charge in [-0.05, 0) is 62.3 Å². The van der Waals surface area contributed by atoms with Gasteiger partial charge in [0.05, 0.1) is 0 Å². The number of fused-ring (bicyclic) bond motifs is 2. The predicted octanol–water partition coefficient (Wildman–Crippen LogP) is 3.69. The van der Waals surface area contributed by atoms with E-state index in [1.807, 2.05) is 0 Å². The summed E-state index contributed by atoms with van der Waals surface area (Å²) in [5.41, 5.74) is 9.09. The normalized spacial score (nSPS) is 31.8. The molecular weight excluding hydrogens is 218 g/mol. The largest absolute Gasteiger partial charge is 0.327 e. The summed E-state index contributed by atoms with van der Waals surface area (Å²) in [7, 11) is 0. The van der Waals surface area contributed by atoms with Gasteiger partial charge in [0.1, 0.15) is 0 Å². The van der Waals surface area contributed by atoms with Crippen molar-refractivity contribution in [1.82, 2.24) is 0 Å².